The normalized spacial score (nSPS) is 12.2. The van der Waals surface area contributed by atoms with Gasteiger partial charge in [0.2, 0.25) is 0 Å². The van der Waals surface area contributed by atoms with Gasteiger partial charge in [-0.05, 0) is 23.8 Å². The number of hydrogen-bond donors (Lipinski definition) is 3. The van der Waals surface area contributed by atoms with Crippen LogP contribution in [0.1, 0.15) is 5.56 Å². The summed E-state index contributed by atoms with van der Waals surface area (Å²) in [6, 6.07) is 4.59. The number of hydrogen-bond acceptors (Lipinski definition) is 4. The van der Waals surface area contributed by atoms with E-state index in [1.807, 2.05) is 0 Å². The molecule has 0 saturated carbocycles. The van der Waals surface area contributed by atoms with Gasteiger partial charge in [0.05, 0.1) is 4.92 Å². The molecule has 1 aromatic rings. The lowest BCUT2D eigenvalue weighted by Gasteiger charge is -2.04. The summed E-state index contributed by atoms with van der Waals surface area (Å²) in [5, 5.41) is 17.9. The zero-order valence-corrected chi connectivity index (χ0v) is 9.65. The van der Waals surface area contributed by atoms with E-state index in [0.717, 1.165) is 18.2 Å². The molecule has 1 aromatic carbocycles. The van der Waals surface area contributed by atoms with Crippen LogP contribution in [0.2, 0.25) is 0 Å². The van der Waals surface area contributed by atoms with Crippen molar-refractivity contribution >= 4 is 25.3 Å². The second-order valence-electron chi connectivity index (χ2n) is 3.23. The Morgan fingerprint density at radius 2 is 1.78 bits per heavy atom. The Labute approximate surface area is 100 Å². The highest BCUT2D eigenvalue weighted by Crippen LogP contribution is 2.45. The van der Waals surface area contributed by atoms with E-state index in [0.29, 0.717) is 0 Å². The molecule has 0 aliphatic rings. The van der Waals surface area contributed by atoms with E-state index >= 15 is 0 Å². The van der Waals surface area contributed by atoms with Crippen LogP contribution in [-0.4, -0.2) is 25.8 Å². The minimum atomic E-state index is -4.90. The van der Waals surface area contributed by atoms with Crippen LogP contribution in [0.4, 0.5) is 5.69 Å². The minimum Gasteiger partial charge on any atom is -0.477 e. The van der Waals surface area contributed by atoms with Gasteiger partial charge in [-0.1, -0.05) is 0 Å². The number of rotatable bonds is 4. The van der Waals surface area contributed by atoms with Crippen LogP contribution in [0.3, 0.4) is 0 Å². The number of carboxylic acids is 1. The molecule has 1 rings (SSSR count). The summed E-state index contributed by atoms with van der Waals surface area (Å²) < 4.78 is 10.9. The van der Waals surface area contributed by atoms with Gasteiger partial charge >= 0.3 is 13.6 Å². The molecule has 18 heavy (non-hydrogen) atoms. The molecule has 0 fully saturated rings. The average molecular weight is 273 g/mol. The van der Waals surface area contributed by atoms with E-state index in [2.05, 4.69) is 0 Å². The van der Waals surface area contributed by atoms with E-state index in [9.17, 15) is 19.5 Å². The number of carbonyl (C=O) groups is 1. The molecule has 0 spiro atoms. The maximum Gasteiger partial charge on any atom is 0.363 e. The van der Waals surface area contributed by atoms with Crippen LogP contribution in [0.15, 0.2) is 29.6 Å². The molecule has 3 N–H and O–H groups in total. The highest BCUT2D eigenvalue weighted by atomic mass is 31.2. The predicted octanol–water partition coefficient (Wildman–Crippen LogP) is 1.20. The van der Waals surface area contributed by atoms with Crippen molar-refractivity contribution < 1.29 is 29.2 Å². The Morgan fingerprint density at radius 3 is 2.11 bits per heavy atom. The van der Waals surface area contributed by atoms with Crippen LogP contribution in [0, 0.1) is 10.1 Å². The van der Waals surface area contributed by atoms with E-state index in [1.165, 1.54) is 12.1 Å². The molecule has 0 heterocycles. The molecule has 0 amide bonds. The molecule has 96 valence electrons. The lowest BCUT2D eigenvalue weighted by atomic mass is 10.2. The smallest absolute Gasteiger partial charge is 0.363 e. The molecule has 0 aliphatic carbocycles. The number of nitro benzene ring substituents is 1. The van der Waals surface area contributed by atoms with Gasteiger partial charge in [-0.25, -0.2) is 4.79 Å². The largest absolute Gasteiger partial charge is 0.477 e. The average Bonchev–Trinajstić information content (AvgIpc) is 2.24. The zero-order valence-electron chi connectivity index (χ0n) is 8.76. The SMILES string of the molecule is O=C(O)C(=Cc1ccc([N+](=O)[O-])cc1)P(=O)(O)O. The fraction of sp³-hybridized carbons (Fsp3) is 0. The molecule has 8 nitrogen and oxygen atoms in total. The third-order valence-electron chi connectivity index (χ3n) is 1.94. The van der Waals surface area contributed by atoms with Crippen LogP contribution in [0.5, 0.6) is 0 Å². The van der Waals surface area contributed by atoms with Gasteiger partial charge in [-0.15, -0.1) is 0 Å². The van der Waals surface area contributed by atoms with Crippen molar-refractivity contribution in [3.8, 4) is 0 Å². The maximum absolute atomic E-state index is 10.9. The molecular formula is C9H8NO7P. The molecule has 9 heteroatoms. The Kier molecular flexibility index (Phi) is 3.97. The molecule has 0 aliphatic heterocycles. The summed E-state index contributed by atoms with van der Waals surface area (Å²) in [5.41, 5.74) is -0.0680. The van der Waals surface area contributed by atoms with Crippen molar-refractivity contribution in [2.45, 2.75) is 0 Å². The number of benzene rings is 1. The molecule has 0 bridgehead atoms. The maximum atomic E-state index is 10.9. The van der Waals surface area contributed by atoms with Gasteiger partial charge in [0, 0.05) is 12.1 Å². The van der Waals surface area contributed by atoms with Crippen LogP contribution in [0.25, 0.3) is 6.08 Å². The first-order valence-electron chi connectivity index (χ1n) is 4.47. The van der Waals surface area contributed by atoms with Crippen molar-refractivity contribution in [3.05, 3.63) is 45.3 Å². The van der Waals surface area contributed by atoms with Gasteiger partial charge in [-0.2, -0.15) is 0 Å². The van der Waals surface area contributed by atoms with Gasteiger partial charge in [0.1, 0.15) is 5.31 Å². The lowest BCUT2D eigenvalue weighted by Crippen LogP contribution is -2.01. The quantitative estimate of drug-likeness (QED) is 0.324. The molecule has 0 aromatic heterocycles. The Bertz CT molecular complexity index is 557. The number of nitrogens with zero attached hydrogens (tertiary/aromatic N) is 1. The lowest BCUT2D eigenvalue weighted by molar-refractivity contribution is -0.384. The summed E-state index contributed by atoms with van der Waals surface area (Å²) in [6.07, 6.45) is 0.771. The molecule has 0 atom stereocenters. The Morgan fingerprint density at radius 1 is 1.28 bits per heavy atom. The summed E-state index contributed by atoms with van der Waals surface area (Å²) >= 11 is 0. The number of nitro groups is 1. The number of carboxylic acid groups (broad SMARTS) is 1. The van der Waals surface area contributed by atoms with Gasteiger partial charge in [0.25, 0.3) is 5.69 Å². The van der Waals surface area contributed by atoms with Crippen LogP contribution < -0.4 is 0 Å². The van der Waals surface area contributed by atoms with Gasteiger partial charge in [-0.3, -0.25) is 14.7 Å². The standard InChI is InChI=1S/C9H8NO7P/c11-9(12)8(18(15,16)17)5-6-1-3-7(4-2-6)10(13)14/h1-5H,(H,11,12)(H2,15,16,17). The van der Waals surface area contributed by atoms with Crippen molar-refractivity contribution in [1.82, 2.24) is 0 Å². The van der Waals surface area contributed by atoms with Crippen LogP contribution >= 0.6 is 7.60 Å². The summed E-state index contributed by atoms with van der Waals surface area (Å²) in [4.78, 5) is 38.0. The van der Waals surface area contributed by atoms with E-state index in [-0.39, 0.29) is 11.3 Å². The van der Waals surface area contributed by atoms with Crippen molar-refractivity contribution in [3.63, 3.8) is 0 Å². The van der Waals surface area contributed by atoms with E-state index in [4.69, 9.17) is 14.9 Å². The van der Waals surface area contributed by atoms with Gasteiger partial charge in [0.15, 0.2) is 0 Å². The third-order valence-corrected chi connectivity index (χ3v) is 2.89. The second kappa shape index (κ2) is 5.09. The number of aliphatic carboxylic acids is 1. The minimum absolute atomic E-state index is 0.140. The summed E-state index contributed by atoms with van der Waals surface area (Å²) in [7, 11) is -4.90. The zero-order chi connectivity index (χ0) is 13.9. The third kappa shape index (κ3) is 3.49. The Hall–Kier alpha value is -2.02. The highest BCUT2D eigenvalue weighted by Gasteiger charge is 2.27. The first-order valence-corrected chi connectivity index (χ1v) is 6.08. The van der Waals surface area contributed by atoms with Crippen molar-refractivity contribution in [1.29, 1.82) is 0 Å². The fourth-order valence-corrected chi connectivity index (χ4v) is 1.69. The van der Waals surface area contributed by atoms with Crippen molar-refractivity contribution in [2.75, 3.05) is 0 Å². The Balaban J connectivity index is 3.18. The topological polar surface area (TPSA) is 138 Å². The van der Waals surface area contributed by atoms with Gasteiger partial charge < -0.3 is 14.9 Å². The van der Waals surface area contributed by atoms with E-state index in [1.54, 1.807) is 0 Å². The highest BCUT2D eigenvalue weighted by molar-refractivity contribution is 7.58. The molecule has 0 radical (unpaired) electrons. The molecule has 0 unspecified atom stereocenters. The van der Waals surface area contributed by atoms with Crippen LogP contribution in [-0.2, 0) is 9.36 Å². The fourth-order valence-electron chi connectivity index (χ4n) is 1.12. The van der Waals surface area contributed by atoms with E-state index < -0.39 is 23.8 Å². The first-order chi connectivity index (χ1) is 8.21. The summed E-state index contributed by atoms with van der Waals surface area (Å²) in [5.74, 6) is -1.75. The molecular weight excluding hydrogens is 265 g/mol. The van der Waals surface area contributed by atoms with Crippen molar-refractivity contribution in [2.24, 2.45) is 0 Å². The monoisotopic (exact) mass is 273 g/mol. The molecule has 0 saturated heterocycles. The predicted molar refractivity (Wildman–Crippen MR) is 60.8 cm³/mol. The summed E-state index contributed by atoms with van der Waals surface area (Å²) in [6.45, 7) is 0. The number of non-ortho nitro benzene ring substituents is 1. The second-order valence-corrected chi connectivity index (χ2v) is 4.80. The first kappa shape index (κ1) is 14.0.